The number of hydrogen-bond donors (Lipinski definition) is 0. The van der Waals surface area contributed by atoms with Gasteiger partial charge in [0, 0.05) is 30.9 Å². The van der Waals surface area contributed by atoms with Gasteiger partial charge in [-0.2, -0.15) is 0 Å². The van der Waals surface area contributed by atoms with Gasteiger partial charge < -0.3 is 4.74 Å². The highest BCUT2D eigenvalue weighted by Crippen LogP contribution is 2.40. The highest BCUT2D eigenvalue weighted by atomic mass is 35.5. The van der Waals surface area contributed by atoms with Crippen LogP contribution in [0, 0.1) is 0 Å². The Kier molecular flexibility index (Phi) is 5.32. The number of nitrogens with zero attached hydrogens (tertiary/aromatic N) is 5. The smallest absolute Gasteiger partial charge is 0.339 e. The summed E-state index contributed by atoms with van der Waals surface area (Å²) in [6.45, 7) is 1.55. The van der Waals surface area contributed by atoms with Crippen molar-refractivity contribution >= 4 is 34.3 Å². The molecule has 1 aliphatic rings. The normalized spacial score (nSPS) is 13.5. The molecule has 0 bridgehead atoms. The summed E-state index contributed by atoms with van der Waals surface area (Å²) in [4.78, 5) is 60.8. The number of aromatic nitrogens is 5. The molecule has 0 spiro atoms. The zero-order chi connectivity index (χ0) is 24.1. The molecule has 10 nitrogen and oxygen atoms in total. The van der Waals surface area contributed by atoms with Crippen LogP contribution in [0.1, 0.15) is 47.4 Å². The van der Waals surface area contributed by atoms with Gasteiger partial charge >= 0.3 is 11.7 Å². The van der Waals surface area contributed by atoms with E-state index in [1.807, 2.05) is 0 Å². The van der Waals surface area contributed by atoms with Crippen LogP contribution in [0.3, 0.4) is 0 Å². The highest BCUT2D eigenvalue weighted by molar-refractivity contribution is 6.30. The fourth-order valence-electron chi connectivity index (χ4n) is 3.96. The number of aryl methyl sites for hydroxylation is 1. The van der Waals surface area contributed by atoms with Gasteiger partial charge in [0.25, 0.3) is 11.1 Å². The number of carbonyl (C=O) groups excluding carboxylic acids is 1. The lowest BCUT2D eigenvalue weighted by molar-refractivity contribution is 0.0528. The Morgan fingerprint density at radius 1 is 1.18 bits per heavy atom. The molecule has 0 aliphatic heterocycles. The van der Waals surface area contributed by atoms with E-state index >= 15 is 0 Å². The van der Waals surface area contributed by atoms with Crippen LogP contribution in [-0.4, -0.2) is 36.1 Å². The molecule has 0 atom stereocenters. The maximum Gasteiger partial charge on any atom is 0.339 e. The number of carbonyl (C=O) groups is 1. The summed E-state index contributed by atoms with van der Waals surface area (Å²) in [6.07, 6.45) is 3.30. The number of fused-ring (bicyclic) bond motifs is 2. The summed E-state index contributed by atoms with van der Waals surface area (Å²) in [5, 5.41) is 0.363. The summed E-state index contributed by atoms with van der Waals surface area (Å²) in [6, 6.07) is 5.97. The number of rotatable bonds is 5. The van der Waals surface area contributed by atoms with Crippen LogP contribution in [0.5, 0.6) is 0 Å². The van der Waals surface area contributed by atoms with Gasteiger partial charge in [-0.15, -0.1) is 0 Å². The zero-order valence-electron chi connectivity index (χ0n) is 18.4. The molecule has 0 N–H and O–H groups in total. The van der Waals surface area contributed by atoms with Crippen LogP contribution < -0.4 is 16.8 Å². The Labute approximate surface area is 197 Å². The molecule has 1 fully saturated rings. The monoisotopic (exact) mass is 481 g/mol. The second-order valence-corrected chi connectivity index (χ2v) is 8.62. The lowest BCUT2D eigenvalue weighted by atomic mass is 10.1. The molecule has 34 heavy (non-hydrogen) atoms. The van der Waals surface area contributed by atoms with Crippen LogP contribution >= 0.6 is 11.6 Å². The summed E-state index contributed by atoms with van der Waals surface area (Å²) < 4.78 is 8.63. The van der Waals surface area contributed by atoms with Crippen LogP contribution in [0.25, 0.3) is 16.7 Å². The molecule has 0 saturated heterocycles. The first kappa shape index (κ1) is 22.0. The molecule has 0 unspecified atom stereocenters. The molecular weight excluding hydrogens is 462 g/mol. The fourth-order valence-corrected chi connectivity index (χ4v) is 4.13. The maximum absolute atomic E-state index is 13.5. The van der Waals surface area contributed by atoms with Crippen molar-refractivity contribution in [2.75, 3.05) is 6.61 Å². The predicted octanol–water partition coefficient (Wildman–Crippen LogP) is 1.86. The fraction of sp³-hybridized carbons (Fsp3) is 0.304. The second kappa shape index (κ2) is 8.21. The molecule has 4 aromatic rings. The summed E-state index contributed by atoms with van der Waals surface area (Å²) >= 11 is 5.95. The first-order valence-corrected chi connectivity index (χ1v) is 11.2. The number of esters is 1. The van der Waals surface area contributed by atoms with Crippen molar-refractivity contribution in [3.8, 4) is 0 Å². The van der Waals surface area contributed by atoms with Gasteiger partial charge in [0.2, 0.25) is 0 Å². The largest absolute Gasteiger partial charge is 0.462 e. The predicted molar refractivity (Wildman–Crippen MR) is 125 cm³/mol. The van der Waals surface area contributed by atoms with E-state index in [0.29, 0.717) is 16.4 Å². The molecule has 1 aliphatic carbocycles. The van der Waals surface area contributed by atoms with Gasteiger partial charge in [0.05, 0.1) is 34.8 Å². The van der Waals surface area contributed by atoms with Gasteiger partial charge in [-0.1, -0.05) is 11.6 Å². The van der Waals surface area contributed by atoms with Crippen molar-refractivity contribution < 1.29 is 9.53 Å². The van der Waals surface area contributed by atoms with E-state index in [0.717, 1.165) is 17.4 Å². The van der Waals surface area contributed by atoms with Crippen LogP contribution in [0.2, 0.25) is 5.02 Å². The molecule has 0 amide bonds. The third-order valence-corrected chi connectivity index (χ3v) is 6.03. The zero-order valence-corrected chi connectivity index (χ0v) is 19.2. The Morgan fingerprint density at radius 2 is 1.94 bits per heavy atom. The van der Waals surface area contributed by atoms with Crippen molar-refractivity contribution in [2.45, 2.75) is 32.2 Å². The Morgan fingerprint density at radius 3 is 2.65 bits per heavy atom. The Bertz CT molecular complexity index is 1670. The average molecular weight is 482 g/mol. The van der Waals surface area contributed by atoms with Crippen LogP contribution in [0.15, 0.2) is 44.8 Å². The first-order valence-electron chi connectivity index (χ1n) is 10.8. The lowest BCUT2D eigenvalue weighted by Crippen LogP contribution is -2.40. The van der Waals surface area contributed by atoms with Crippen molar-refractivity contribution in [1.82, 2.24) is 23.5 Å². The van der Waals surface area contributed by atoms with Crippen LogP contribution in [-0.2, 0) is 18.3 Å². The van der Waals surface area contributed by atoms with Crippen molar-refractivity contribution in [3.05, 3.63) is 83.6 Å². The van der Waals surface area contributed by atoms with E-state index in [1.165, 1.54) is 28.3 Å². The van der Waals surface area contributed by atoms with Gasteiger partial charge in [-0.25, -0.2) is 19.6 Å². The van der Waals surface area contributed by atoms with E-state index in [9.17, 15) is 19.2 Å². The third kappa shape index (κ3) is 3.69. The number of ether oxygens (including phenoxy) is 1. The minimum Gasteiger partial charge on any atom is -0.462 e. The Hall–Kier alpha value is -3.79. The highest BCUT2D eigenvalue weighted by Gasteiger charge is 2.29. The van der Waals surface area contributed by atoms with Gasteiger partial charge in [-0.3, -0.25) is 23.1 Å². The summed E-state index contributed by atoms with van der Waals surface area (Å²) in [5.74, 6) is -0.462. The topological polar surface area (TPSA) is 118 Å². The first-order chi connectivity index (χ1) is 16.3. The molecule has 0 radical (unpaired) electrons. The minimum absolute atomic E-state index is 0.00533. The van der Waals surface area contributed by atoms with Crippen molar-refractivity contribution in [3.63, 3.8) is 0 Å². The van der Waals surface area contributed by atoms with E-state index in [-0.39, 0.29) is 41.4 Å². The number of hydrogen-bond acceptors (Lipinski definition) is 7. The molecule has 4 aromatic heterocycles. The Balaban J connectivity index is 1.72. The molecule has 0 aromatic carbocycles. The standard InChI is InChI=1S/C23H20ClN5O5/c1-3-34-22(32)15-9-16(12-4-5-12)26-20-19(15)21(31)29(23(33)27(20)2)11-14-8-18(30)28-10-13(24)6-7-17(28)25-14/h6-10,12H,3-5,11H2,1-2H3. The molecule has 174 valence electrons. The molecular formula is C23H20ClN5O5. The van der Waals surface area contributed by atoms with Gasteiger partial charge in [0.15, 0.2) is 0 Å². The van der Waals surface area contributed by atoms with E-state index in [4.69, 9.17) is 16.3 Å². The average Bonchev–Trinajstić information content (AvgIpc) is 3.66. The number of pyridine rings is 2. The molecule has 5 rings (SSSR count). The third-order valence-electron chi connectivity index (χ3n) is 5.80. The second-order valence-electron chi connectivity index (χ2n) is 8.18. The number of halogens is 1. The van der Waals surface area contributed by atoms with E-state index in [2.05, 4.69) is 9.97 Å². The molecule has 4 heterocycles. The van der Waals surface area contributed by atoms with Crippen LogP contribution in [0.4, 0.5) is 0 Å². The quantitative estimate of drug-likeness (QED) is 0.399. The van der Waals surface area contributed by atoms with Crippen molar-refractivity contribution in [2.24, 2.45) is 7.05 Å². The van der Waals surface area contributed by atoms with E-state index < -0.39 is 22.8 Å². The van der Waals surface area contributed by atoms with Gasteiger partial charge in [-0.05, 0) is 38.0 Å². The lowest BCUT2D eigenvalue weighted by Gasteiger charge is -2.14. The van der Waals surface area contributed by atoms with E-state index in [1.54, 1.807) is 25.1 Å². The minimum atomic E-state index is -0.700. The maximum atomic E-state index is 13.5. The molecule has 1 saturated carbocycles. The summed E-state index contributed by atoms with van der Waals surface area (Å²) in [5.41, 5.74) is -0.350. The molecule has 11 heteroatoms. The van der Waals surface area contributed by atoms with Crippen molar-refractivity contribution in [1.29, 1.82) is 0 Å². The van der Waals surface area contributed by atoms with Gasteiger partial charge in [0.1, 0.15) is 11.3 Å². The SMILES string of the molecule is CCOC(=O)c1cc(C2CC2)nc2c1c(=O)n(Cc1cc(=O)n3cc(Cl)ccc3n1)c(=O)n2C. The summed E-state index contributed by atoms with van der Waals surface area (Å²) in [7, 11) is 1.49.